The van der Waals surface area contributed by atoms with Crippen molar-refractivity contribution in [1.29, 1.82) is 5.26 Å². The molecule has 0 radical (unpaired) electrons. The van der Waals surface area contributed by atoms with Gasteiger partial charge in [0.05, 0.1) is 24.8 Å². The number of nitrogens with one attached hydrogen (secondary N) is 2. The van der Waals surface area contributed by atoms with E-state index in [1.165, 1.54) is 12.1 Å². The maximum atomic E-state index is 13.3. The SMILES string of the molecule is Cc1cccc(C[C@H](NC(=O)c2ccc(N(C)C)cc2)C(=O)N[C@H](C#N)COCc2cccc(C(=O)O)c2)c1. The average Bonchev–Trinajstić information content (AvgIpc) is 2.92. The lowest BCUT2D eigenvalue weighted by Gasteiger charge is -2.21. The largest absolute Gasteiger partial charge is 0.478 e. The second-order valence-electron chi connectivity index (χ2n) is 9.37. The van der Waals surface area contributed by atoms with Gasteiger partial charge in [-0.3, -0.25) is 9.59 Å². The molecule has 0 heterocycles. The van der Waals surface area contributed by atoms with Crippen LogP contribution in [0.25, 0.3) is 0 Å². The van der Waals surface area contributed by atoms with E-state index in [1.54, 1.807) is 24.3 Å². The Morgan fingerprint density at radius 3 is 2.28 bits per heavy atom. The van der Waals surface area contributed by atoms with Gasteiger partial charge in [-0.25, -0.2) is 4.79 Å². The summed E-state index contributed by atoms with van der Waals surface area (Å²) < 4.78 is 5.58. The molecule has 202 valence electrons. The van der Waals surface area contributed by atoms with E-state index >= 15 is 0 Å². The highest BCUT2D eigenvalue weighted by molar-refractivity contribution is 5.98. The zero-order valence-electron chi connectivity index (χ0n) is 22.2. The number of ether oxygens (including phenoxy) is 1. The van der Waals surface area contributed by atoms with Crippen molar-refractivity contribution in [1.82, 2.24) is 10.6 Å². The molecule has 0 saturated heterocycles. The van der Waals surface area contributed by atoms with Gasteiger partial charge >= 0.3 is 5.97 Å². The lowest BCUT2D eigenvalue weighted by Crippen LogP contribution is -2.51. The molecule has 0 aliphatic rings. The van der Waals surface area contributed by atoms with E-state index in [2.05, 4.69) is 10.6 Å². The number of amides is 2. The fourth-order valence-electron chi connectivity index (χ4n) is 3.91. The Labute approximate surface area is 228 Å². The molecule has 9 heteroatoms. The molecule has 39 heavy (non-hydrogen) atoms. The van der Waals surface area contributed by atoms with Crippen molar-refractivity contribution in [3.8, 4) is 6.07 Å². The number of nitrogens with zero attached hydrogens (tertiary/aromatic N) is 2. The van der Waals surface area contributed by atoms with E-state index in [4.69, 9.17) is 9.84 Å². The number of carboxylic acid groups (broad SMARTS) is 1. The van der Waals surface area contributed by atoms with Crippen LogP contribution in [0.3, 0.4) is 0 Å². The van der Waals surface area contributed by atoms with Crippen LogP contribution in [0.5, 0.6) is 0 Å². The van der Waals surface area contributed by atoms with Crippen molar-refractivity contribution in [2.75, 3.05) is 25.6 Å². The molecule has 3 N–H and O–H groups in total. The number of carbonyl (C=O) groups excluding carboxylic acids is 2. The lowest BCUT2D eigenvalue weighted by molar-refractivity contribution is -0.123. The fourth-order valence-corrected chi connectivity index (χ4v) is 3.91. The van der Waals surface area contributed by atoms with Crippen molar-refractivity contribution in [2.24, 2.45) is 0 Å². The summed E-state index contributed by atoms with van der Waals surface area (Å²) in [7, 11) is 3.81. The van der Waals surface area contributed by atoms with Gasteiger partial charge in [0, 0.05) is 31.8 Å². The zero-order valence-corrected chi connectivity index (χ0v) is 22.2. The van der Waals surface area contributed by atoms with E-state index in [0.29, 0.717) is 11.1 Å². The standard InChI is InChI=1S/C30H32N4O5/c1-20-6-4-7-21(14-20)16-27(33-28(35)23-10-12-26(13-11-23)34(2)3)29(36)32-25(17-31)19-39-18-22-8-5-9-24(15-22)30(37)38/h4-15,25,27H,16,18-19H2,1-3H3,(H,32,36)(H,33,35)(H,37,38)/t25-,27+/m1/s1. The Morgan fingerprint density at radius 1 is 0.949 bits per heavy atom. The van der Waals surface area contributed by atoms with Gasteiger partial charge in [-0.15, -0.1) is 0 Å². The fraction of sp³-hybridized carbons (Fsp3) is 0.267. The van der Waals surface area contributed by atoms with Crippen LogP contribution in [0.2, 0.25) is 0 Å². The van der Waals surface area contributed by atoms with Crippen LogP contribution in [0.1, 0.15) is 37.4 Å². The molecule has 0 unspecified atom stereocenters. The highest BCUT2D eigenvalue weighted by Gasteiger charge is 2.24. The number of hydrogen-bond acceptors (Lipinski definition) is 6. The van der Waals surface area contributed by atoms with E-state index in [1.807, 2.05) is 68.4 Å². The van der Waals surface area contributed by atoms with Crippen molar-refractivity contribution in [3.05, 3.63) is 101 Å². The van der Waals surface area contributed by atoms with E-state index in [9.17, 15) is 19.6 Å². The van der Waals surface area contributed by atoms with Crippen LogP contribution in [0.15, 0.2) is 72.8 Å². The maximum absolute atomic E-state index is 13.3. The van der Waals surface area contributed by atoms with Crippen molar-refractivity contribution < 1.29 is 24.2 Å². The maximum Gasteiger partial charge on any atom is 0.335 e. The molecule has 3 aromatic rings. The van der Waals surface area contributed by atoms with Crippen LogP contribution in [0, 0.1) is 18.3 Å². The molecule has 0 fully saturated rings. The first-order valence-corrected chi connectivity index (χ1v) is 12.4. The molecule has 0 aliphatic carbocycles. The van der Waals surface area contributed by atoms with Crippen LogP contribution in [-0.2, 0) is 22.6 Å². The van der Waals surface area contributed by atoms with Gasteiger partial charge in [0.15, 0.2) is 0 Å². The van der Waals surface area contributed by atoms with Gasteiger partial charge in [-0.1, -0.05) is 42.0 Å². The number of aromatic carboxylic acids is 1. The number of carboxylic acids is 1. The molecule has 3 aromatic carbocycles. The van der Waals surface area contributed by atoms with Gasteiger partial charge in [0.1, 0.15) is 12.1 Å². The van der Waals surface area contributed by atoms with Crippen LogP contribution in [0.4, 0.5) is 5.69 Å². The molecule has 2 amide bonds. The van der Waals surface area contributed by atoms with Gasteiger partial charge in [0.2, 0.25) is 5.91 Å². The zero-order chi connectivity index (χ0) is 28.4. The molecular formula is C30H32N4O5. The minimum absolute atomic E-state index is 0.0710. The average molecular weight is 529 g/mol. The second kappa shape index (κ2) is 13.7. The second-order valence-corrected chi connectivity index (χ2v) is 9.37. The molecule has 0 aromatic heterocycles. The summed E-state index contributed by atoms with van der Waals surface area (Å²) in [5.41, 5.74) is 3.99. The first kappa shape index (κ1) is 28.9. The van der Waals surface area contributed by atoms with E-state index < -0.39 is 29.9 Å². The number of nitriles is 1. The summed E-state index contributed by atoms with van der Waals surface area (Å²) >= 11 is 0. The van der Waals surface area contributed by atoms with E-state index in [-0.39, 0.29) is 25.2 Å². The van der Waals surface area contributed by atoms with Gasteiger partial charge < -0.3 is 25.4 Å². The quantitative estimate of drug-likeness (QED) is 0.329. The van der Waals surface area contributed by atoms with E-state index in [0.717, 1.165) is 16.8 Å². The molecule has 2 atom stereocenters. The normalized spacial score (nSPS) is 12.1. The topological polar surface area (TPSA) is 132 Å². The Balaban J connectivity index is 1.68. The van der Waals surface area contributed by atoms with Crippen LogP contribution >= 0.6 is 0 Å². The molecule has 3 rings (SSSR count). The Kier molecular flexibility index (Phi) is 10.2. The van der Waals surface area contributed by atoms with Crippen molar-refractivity contribution in [2.45, 2.75) is 32.0 Å². The third-order valence-corrected chi connectivity index (χ3v) is 5.99. The van der Waals surface area contributed by atoms with Crippen LogP contribution < -0.4 is 15.5 Å². The third kappa shape index (κ3) is 8.69. The smallest absolute Gasteiger partial charge is 0.335 e. The Hall–Kier alpha value is -4.68. The monoisotopic (exact) mass is 528 g/mol. The van der Waals surface area contributed by atoms with Gasteiger partial charge in [-0.2, -0.15) is 5.26 Å². The number of anilines is 1. The summed E-state index contributed by atoms with van der Waals surface area (Å²) in [6.45, 7) is 1.90. The highest BCUT2D eigenvalue weighted by Crippen LogP contribution is 2.13. The summed E-state index contributed by atoms with van der Waals surface area (Å²) in [6, 6.07) is 21.0. The number of hydrogen-bond donors (Lipinski definition) is 3. The Morgan fingerprint density at radius 2 is 1.64 bits per heavy atom. The lowest BCUT2D eigenvalue weighted by atomic mass is 10.0. The Bertz CT molecular complexity index is 1350. The predicted molar refractivity (Wildman–Crippen MR) is 148 cm³/mol. The molecule has 9 nitrogen and oxygen atoms in total. The molecular weight excluding hydrogens is 496 g/mol. The van der Waals surface area contributed by atoms with Crippen molar-refractivity contribution >= 4 is 23.5 Å². The minimum Gasteiger partial charge on any atom is -0.478 e. The first-order chi connectivity index (χ1) is 18.7. The van der Waals surface area contributed by atoms with Crippen LogP contribution in [-0.4, -0.2) is 55.7 Å². The summed E-state index contributed by atoms with van der Waals surface area (Å²) in [5.74, 6) is -1.97. The molecule has 0 saturated carbocycles. The first-order valence-electron chi connectivity index (χ1n) is 12.4. The molecule has 0 spiro atoms. The summed E-state index contributed by atoms with van der Waals surface area (Å²) in [5, 5.41) is 24.2. The van der Waals surface area contributed by atoms with Gasteiger partial charge in [-0.05, 0) is 54.4 Å². The summed E-state index contributed by atoms with van der Waals surface area (Å²) in [6.07, 6.45) is 0.232. The van der Waals surface area contributed by atoms with Gasteiger partial charge in [0.25, 0.3) is 5.91 Å². The number of carbonyl (C=O) groups is 3. The molecule has 0 aliphatic heterocycles. The number of aryl methyl sites for hydroxylation is 1. The summed E-state index contributed by atoms with van der Waals surface area (Å²) in [4.78, 5) is 39.4. The highest BCUT2D eigenvalue weighted by atomic mass is 16.5. The van der Waals surface area contributed by atoms with Crippen molar-refractivity contribution in [3.63, 3.8) is 0 Å². The third-order valence-electron chi connectivity index (χ3n) is 5.99. The molecule has 0 bridgehead atoms. The number of benzene rings is 3. The minimum atomic E-state index is -1.05. The number of rotatable bonds is 12. The predicted octanol–water partition coefficient (Wildman–Crippen LogP) is 3.33.